The van der Waals surface area contributed by atoms with Crippen molar-refractivity contribution in [1.29, 1.82) is 0 Å². The molecule has 0 bridgehead atoms. The normalized spacial score (nSPS) is 10.0. The summed E-state index contributed by atoms with van der Waals surface area (Å²) in [5.41, 5.74) is 1.13. The van der Waals surface area contributed by atoms with Gasteiger partial charge in [-0.05, 0) is 20.3 Å². The summed E-state index contributed by atoms with van der Waals surface area (Å²) in [6, 6.07) is 0.446. The van der Waals surface area contributed by atoms with Crippen molar-refractivity contribution in [2.45, 2.75) is 39.7 Å². The third-order valence-electron chi connectivity index (χ3n) is 1.99. The Kier molecular flexibility index (Phi) is 6.37. The van der Waals surface area contributed by atoms with Crippen molar-refractivity contribution < 1.29 is 0 Å². The highest BCUT2D eigenvalue weighted by Gasteiger charge is 1.99. The largest absolute Gasteiger partial charge is 0.383 e. The van der Waals surface area contributed by atoms with Crippen molar-refractivity contribution in [2.24, 2.45) is 0 Å². The van der Waals surface area contributed by atoms with Crippen LogP contribution in [0.5, 0.6) is 0 Å². The minimum Gasteiger partial charge on any atom is -0.383 e. The number of hydrogen-bond acceptors (Lipinski definition) is 2. The molecule has 0 aliphatic heterocycles. The van der Waals surface area contributed by atoms with E-state index < -0.39 is 0 Å². The SMILES string of the molecule is CCCCNc1cnn(C(C)C)c1.Cl. The van der Waals surface area contributed by atoms with Gasteiger partial charge in [0.25, 0.3) is 0 Å². The average molecular weight is 218 g/mol. The van der Waals surface area contributed by atoms with E-state index >= 15 is 0 Å². The zero-order chi connectivity index (χ0) is 9.68. The highest BCUT2D eigenvalue weighted by Crippen LogP contribution is 2.09. The molecule has 0 amide bonds. The summed E-state index contributed by atoms with van der Waals surface area (Å²) in [6.45, 7) is 7.49. The lowest BCUT2D eigenvalue weighted by Crippen LogP contribution is -2.01. The van der Waals surface area contributed by atoms with Crippen LogP contribution in [0.2, 0.25) is 0 Å². The van der Waals surface area contributed by atoms with Crippen LogP contribution in [0, 0.1) is 0 Å². The molecule has 0 fully saturated rings. The minimum atomic E-state index is 0. The quantitative estimate of drug-likeness (QED) is 0.769. The van der Waals surface area contributed by atoms with Crippen LogP contribution >= 0.6 is 12.4 Å². The molecule has 0 aliphatic rings. The first kappa shape index (κ1) is 13.3. The summed E-state index contributed by atoms with van der Waals surface area (Å²) in [7, 11) is 0. The van der Waals surface area contributed by atoms with Crippen molar-refractivity contribution >= 4 is 18.1 Å². The highest BCUT2D eigenvalue weighted by atomic mass is 35.5. The van der Waals surface area contributed by atoms with Gasteiger partial charge in [-0.25, -0.2) is 0 Å². The van der Waals surface area contributed by atoms with Gasteiger partial charge < -0.3 is 5.32 Å². The highest BCUT2D eigenvalue weighted by molar-refractivity contribution is 5.85. The molecule has 0 unspecified atom stereocenters. The van der Waals surface area contributed by atoms with Crippen LogP contribution in [-0.4, -0.2) is 16.3 Å². The summed E-state index contributed by atoms with van der Waals surface area (Å²) in [4.78, 5) is 0. The van der Waals surface area contributed by atoms with E-state index in [0.29, 0.717) is 6.04 Å². The standard InChI is InChI=1S/C10H19N3.ClH/c1-4-5-6-11-10-7-12-13(8-10)9(2)3;/h7-9,11H,4-6H2,1-3H3;1H. The van der Waals surface area contributed by atoms with Crippen LogP contribution in [0.4, 0.5) is 5.69 Å². The lowest BCUT2D eigenvalue weighted by molar-refractivity contribution is 0.532. The van der Waals surface area contributed by atoms with E-state index in [-0.39, 0.29) is 12.4 Å². The summed E-state index contributed by atoms with van der Waals surface area (Å²) in [6.07, 6.45) is 6.38. The number of unbranched alkanes of at least 4 members (excludes halogenated alkanes) is 1. The third-order valence-corrected chi connectivity index (χ3v) is 1.99. The molecule has 0 radical (unpaired) electrons. The third kappa shape index (κ3) is 4.01. The van der Waals surface area contributed by atoms with Crippen molar-refractivity contribution in [3.05, 3.63) is 12.4 Å². The van der Waals surface area contributed by atoms with Gasteiger partial charge in [-0.15, -0.1) is 12.4 Å². The molecular formula is C10H20ClN3. The first-order valence-electron chi connectivity index (χ1n) is 5.02. The van der Waals surface area contributed by atoms with Crippen LogP contribution in [0.15, 0.2) is 12.4 Å². The predicted molar refractivity (Wildman–Crippen MR) is 63.3 cm³/mol. The fourth-order valence-corrected chi connectivity index (χ4v) is 1.12. The lowest BCUT2D eigenvalue weighted by atomic mass is 10.3. The fraction of sp³-hybridized carbons (Fsp3) is 0.700. The average Bonchev–Trinajstić information content (AvgIpc) is 2.53. The Labute approximate surface area is 92.3 Å². The van der Waals surface area contributed by atoms with E-state index in [1.807, 2.05) is 10.9 Å². The second-order valence-electron chi connectivity index (χ2n) is 3.58. The Morgan fingerprint density at radius 1 is 1.50 bits per heavy atom. The van der Waals surface area contributed by atoms with Crippen molar-refractivity contribution in [3.63, 3.8) is 0 Å². The van der Waals surface area contributed by atoms with Crippen LogP contribution < -0.4 is 5.32 Å². The molecule has 0 saturated carbocycles. The zero-order valence-electron chi connectivity index (χ0n) is 9.16. The smallest absolute Gasteiger partial charge is 0.0726 e. The zero-order valence-corrected chi connectivity index (χ0v) is 9.97. The molecule has 1 aromatic heterocycles. The molecule has 0 spiro atoms. The lowest BCUT2D eigenvalue weighted by Gasteiger charge is -2.03. The summed E-state index contributed by atoms with van der Waals surface area (Å²) in [5, 5.41) is 7.59. The molecule has 82 valence electrons. The molecule has 0 atom stereocenters. The molecule has 1 aromatic rings. The molecule has 1 N–H and O–H groups in total. The van der Waals surface area contributed by atoms with Gasteiger partial charge in [0.15, 0.2) is 0 Å². The topological polar surface area (TPSA) is 29.9 Å². The molecule has 4 heteroatoms. The van der Waals surface area contributed by atoms with E-state index in [1.54, 1.807) is 0 Å². The number of aromatic nitrogens is 2. The van der Waals surface area contributed by atoms with E-state index in [9.17, 15) is 0 Å². The van der Waals surface area contributed by atoms with Crippen molar-refractivity contribution in [3.8, 4) is 0 Å². The summed E-state index contributed by atoms with van der Waals surface area (Å²) >= 11 is 0. The first-order valence-corrected chi connectivity index (χ1v) is 5.02. The predicted octanol–water partition coefficient (Wildman–Crippen LogP) is 3.10. The summed E-state index contributed by atoms with van der Waals surface area (Å²) < 4.78 is 1.97. The Morgan fingerprint density at radius 3 is 2.71 bits per heavy atom. The molecule has 0 saturated heterocycles. The number of rotatable bonds is 5. The van der Waals surface area contributed by atoms with Crippen LogP contribution in [0.1, 0.15) is 39.7 Å². The van der Waals surface area contributed by atoms with Gasteiger partial charge in [-0.3, -0.25) is 4.68 Å². The number of nitrogens with one attached hydrogen (secondary N) is 1. The van der Waals surface area contributed by atoms with E-state index in [4.69, 9.17) is 0 Å². The molecule has 0 aliphatic carbocycles. The van der Waals surface area contributed by atoms with Gasteiger partial charge in [-0.2, -0.15) is 5.10 Å². The molecule has 1 rings (SSSR count). The maximum absolute atomic E-state index is 4.25. The Balaban J connectivity index is 0.00000169. The van der Waals surface area contributed by atoms with Gasteiger partial charge in [0.2, 0.25) is 0 Å². The molecule has 3 nitrogen and oxygen atoms in total. The van der Waals surface area contributed by atoms with Crippen molar-refractivity contribution in [1.82, 2.24) is 9.78 Å². The number of nitrogens with zero attached hydrogens (tertiary/aromatic N) is 2. The second kappa shape index (κ2) is 6.71. The van der Waals surface area contributed by atoms with Gasteiger partial charge >= 0.3 is 0 Å². The van der Waals surface area contributed by atoms with Gasteiger partial charge in [0, 0.05) is 18.8 Å². The van der Waals surface area contributed by atoms with E-state index in [0.717, 1.165) is 12.2 Å². The summed E-state index contributed by atoms with van der Waals surface area (Å²) in [5.74, 6) is 0. The monoisotopic (exact) mass is 217 g/mol. The maximum atomic E-state index is 4.25. The second-order valence-corrected chi connectivity index (χ2v) is 3.58. The van der Waals surface area contributed by atoms with E-state index in [1.165, 1.54) is 12.8 Å². The minimum absolute atomic E-state index is 0. The van der Waals surface area contributed by atoms with Gasteiger partial charge in [0.1, 0.15) is 0 Å². The van der Waals surface area contributed by atoms with Gasteiger partial charge in [-0.1, -0.05) is 13.3 Å². The van der Waals surface area contributed by atoms with Crippen LogP contribution in [0.3, 0.4) is 0 Å². The van der Waals surface area contributed by atoms with E-state index in [2.05, 4.69) is 37.4 Å². The Morgan fingerprint density at radius 2 is 2.21 bits per heavy atom. The Bertz CT molecular complexity index is 245. The number of hydrogen-bond donors (Lipinski definition) is 1. The molecular weight excluding hydrogens is 198 g/mol. The first-order chi connectivity index (χ1) is 6.24. The fourth-order valence-electron chi connectivity index (χ4n) is 1.12. The number of halogens is 1. The number of anilines is 1. The molecule has 14 heavy (non-hydrogen) atoms. The van der Waals surface area contributed by atoms with Crippen LogP contribution in [-0.2, 0) is 0 Å². The van der Waals surface area contributed by atoms with Gasteiger partial charge in [0.05, 0.1) is 11.9 Å². The molecule has 1 heterocycles. The van der Waals surface area contributed by atoms with Crippen molar-refractivity contribution in [2.75, 3.05) is 11.9 Å². The molecule has 0 aromatic carbocycles. The maximum Gasteiger partial charge on any atom is 0.0726 e. The van der Waals surface area contributed by atoms with Crippen LogP contribution in [0.25, 0.3) is 0 Å². The Hall–Kier alpha value is -0.700.